The fraction of sp³-hybridized carbons (Fsp3) is 0.429. The number of hydrogen-bond acceptors (Lipinski definition) is 4. The number of anilines is 1. The van der Waals surface area contributed by atoms with Gasteiger partial charge in [0.05, 0.1) is 11.3 Å². The molecular weight excluding hydrogens is 326 g/mol. The molecule has 0 aliphatic heterocycles. The molecule has 0 radical (unpaired) electrons. The zero-order valence-corrected chi connectivity index (χ0v) is 15.8. The van der Waals surface area contributed by atoms with Gasteiger partial charge in [-0.3, -0.25) is 14.9 Å². The van der Waals surface area contributed by atoms with E-state index in [1.165, 1.54) is 11.8 Å². The molecular formula is C21H25N3O2. The molecule has 136 valence electrons. The van der Waals surface area contributed by atoms with Crippen LogP contribution >= 0.6 is 0 Å². The van der Waals surface area contributed by atoms with Gasteiger partial charge in [-0.1, -0.05) is 52.0 Å². The summed E-state index contributed by atoms with van der Waals surface area (Å²) in [5, 5.41) is 2.66. The number of Topliss-reactive ketones (excluding diaryl/α,β-unsaturated/α-hetero) is 1. The summed E-state index contributed by atoms with van der Waals surface area (Å²) >= 11 is 0. The summed E-state index contributed by atoms with van der Waals surface area (Å²) in [5.41, 5.74) is 3.81. The van der Waals surface area contributed by atoms with E-state index in [0.29, 0.717) is 30.5 Å². The summed E-state index contributed by atoms with van der Waals surface area (Å²) in [6.07, 6.45) is 3.04. The highest BCUT2D eigenvalue weighted by Crippen LogP contribution is 2.33. The molecule has 0 saturated carbocycles. The van der Waals surface area contributed by atoms with Gasteiger partial charge in [-0.15, -0.1) is 0 Å². The Morgan fingerprint density at radius 3 is 2.50 bits per heavy atom. The highest BCUT2D eigenvalue weighted by atomic mass is 16.1. The number of carbonyl (C=O) groups is 2. The first-order chi connectivity index (χ1) is 12.3. The Hall–Kier alpha value is -2.56. The van der Waals surface area contributed by atoms with E-state index >= 15 is 0 Å². The van der Waals surface area contributed by atoms with Gasteiger partial charge in [-0.25, -0.2) is 9.97 Å². The summed E-state index contributed by atoms with van der Waals surface area (Å²) in [6, 6.07) is 8.51. The van der Waals surface area contributed by atoms with E-state index in [1.807, 2.05) is 0 Å². The maximum atomic E-state index is 12.5. The summed E-state index contributed by atoms with van der Waals surface area (Å²) in [6.45, 7) is 8.33. The predicted molar refractivity (Wildman–Crippen MR) is 101 cm³/mol. The van der Waals surface area contributed by atoms with E-state index in [9.17, 15) is 9.59 Å². The molecule has 1 amide bonds. The minimum absolute atomic E-state index is 0.0597. The van der Waals surface area contributed by atoms with Crippen LogP contribution < -0.4 is 5.32 Å². The smallest absolute Gasteiger partial charge is 0.229 e. The largest absolute Gasteiger partial charge is 0.295 e. The van der Waals surface area contributed by atoms with Crippen LogP contribution in [0.15, 0.2) is 30.5 Å². The molecule has 5 heteroatoms. The molecule has 1 aliphatic carbocycles. The minimum Gasteiger partial charge on any atom is -0.295 e. The maximum absolute atomic E-state index is 12.5. The van der Waals surface area contributed by atoms with Crippen molar-refractivity contribution in [3.8, 4) is 0 Å². The molecule has 3 rings (SSSR count). The molecule has 0 fully saturated rings. The van der Waals surface area contributed by atoms with Gasteiger partial charge in [0.2, 0.25) is 11.9 Å². The summed E-state index contributed by atoms with van der Waals surface area (Å²) in [5.74, 6) is 0.298. The fourth-order valence-electron chi connectivity index (χ4n) is 3.21. The van der Waals surface area contributed by atoms with Crippen LogP contribution in [0.3, 0.4) is 0 Å². The van der Waals surface area contributed by atoms with Crippen molar-refractivity contribution in [3.05, 3.63) is 52.8 Å². The van der Waals surface area contributed by atoms with Gasteiger partial charge < -0.3 is 0 Å². The lowest BCUT2D eigenvalue weighted by molar-refractivity contribution is -0.115. The molecule has 1 N–H and O–H groups in total. The number of fused-ring (bicyclic) bond motifs is 1. The molecule has 1 aromatic carbocycles. The van der Waals surface area contributed by atoms with Crippen LogP contribution in [0, 0.1) is 0 Å². The fourth-order valence-corrected chi connectivity index (χ4v) is 3.21. The second-order valence-electron chi connectivity index (χ2n) is 7.86. The van der Waals surface area contributed by atoms with Crippen molar-refractivity contribution in [1.29, 1.82) is 0 Å². The van der Waals surface area contributed by atoms with Gasteiger partial charge >= 0.3 is 0 Å². The third-order valence-corrected chi connectivity index (χ3v) is 4.86. The molecule has 0 saturated heterocycles. The number of aromatic nitrogens is 2. The predicted octanol–water partition coefficient (Wildman–Crippen LogP) is 4.04. The number of rotatable bonds is 3. The lowest BCUT2D eigenvalue weighted by atomic mass is 9.80. The Balaban J connectivity index is 1.85. The van der Waals surface area contributed by atoms with E-state index in [-0.39, 0.29) is 29.0 Å². The molecule has 26 heavy (non-hydrogen) atoms. The van der Waals surface area contributed by atoms with E-state index in [2.05, 4.69) is 60.3 Å². The van der Waals surface area contributed by atoms with Gasteiger partial charge in [0.25, 0.3) is 0 Å². The van der Waals surface area contributed by atoms with Crippen LogP contribution in [-0.4, -0.2) is 21.7 Å². The van der Waals surface area contributed by atoms with Crippen molar-refractivity contribution < 1.29 is 9.59 Å². The first kappa shape index (κ1) is 18.2. The normalized spacial score (nSPS) is 16.9. The average molecular weight is 351 g/mol. The number of benzene rings is 1. The van der Waals surface area contributed by atoms with E-state index in [0.717, 1.165) is 5.56 Å². The van der Waals surface area contributed by atoms with Crippen molar-refractivity contribution in [2.75, 3.05) is 5.32 Å². The topological polar surface area (TPSA) is 72.0 Å². The molecule has 1 heterocycles. The first-order valence-corrected chi connectivity index (χ1v) is 9.07. The van der Waals surface area contributed by atoms with Crippen molar-refractivity contribution in [2.45, 2.75) is 58.3 Å². The Morgan fingerprint density at radius 1 is 1.19 bits per heavy atom. The SMILES string of the molecule is CCC(=O)Nc1ncc2c(n1)C[C@@H](c1ccc(C(C)(C)C)cc1)CC2=O. The second kappa shape index (κ2) is 6.98. The van der Waals surface area contributed by atoms with Crippen LogP contribution in [0.25, 0.3) is 0 Å². The van der Waals surface area contributed by atoms with Gasteiger partial charge in [0, 0.05) is 19.0 Å². The molecule has 1 aromatic heterocycles. The van der Waals surface area contributed by atoms with Gasteiger partial charge in [0.1, 0.15) is 0 Å². The Morgan fingerprint density at radius 2 is 1.88 bits per heavy atom. The Bertz CT molecular complexity index is 835. The Kier molecular flexibility index (Phi) is 4.90. The number of nitrogens with zero attached hydrogens (tertiary/aromatic N) is 2. The molecule has 5 nitrogen and oxygen atoms in total. The van der Waals surface area contributed by atoms with Crippen molar-refractivity contribution in [3.63, 3.8) is 0 Å². The summed E-state index contributed by atoms with van der Waals surface area (Å²) < 4.78 is 0. The van der Waals surface area contributed by atoms with Crippen LogP contribution in [0.1, 0.15) is 73.6 Å². The highest BCUT2D eigenvalue weighted by Gasteiger charge is 2.28. The standard InChI is InChI=1S/C21H25N3O2/c1-5-19(26)24-20-22-12-16-17(23-20)10-14(11-18(16)25)13-6-8-15(9-7-13)21(2,3)4/h6-9,12,14H,5,10-11H2,1-4H3,(H,22,23,24,26)/t14-/m1/s1. The minimum atomic E-state index is -0.138. The highest BCUT2D eigenvalue weighted by molar-refractivity contribution is 5.98. The molecule has 1 atom stereocenters. The zero-order chi connectivity index (χ0) is 18.9. The first-order valence-electron chi connectivity index (χ1n) is 9.07. The van der Waals surface area contributed by atoms with E-state index in [1.54, 1.807) is 6.92 Å². The monoisotopic (exact) mass is 351 g/mol. The van der Waals surface area contributed by atoms with Crippen LogP contribution in [0.2, 0.25) is 0 Å². The third kappa shape index (κ3) is 3.82. The number of nitrogens with one attached hydrogen (secondary N) is 1. The lowest BCUT2D eigenvalue weighted by Gasteiger charge is -2.25. The average Bonchev–Trinajstić information content (AvgIpc) is 2.60. The molecule has 0 unspecified atom stereocenters. The van der Waals surface area contributed by atoms with Crippen LogP contribution in [-0.2, 0) is 16.6 Å². The lowest BCUT2D eigenvalue weighted by Crippen LogP contribution is -2.22. The van der Waals surface area contributed by atoms with Crippen molar-refractivity contribution in [2.24, 2.45) is 0 Å². The third-order valence-electron chi connectivity index (χ3n) is 4.86. The number of amides is 1. The molecule has 0 bridgehead atoms. The van der Waals surface area contributed by atoms with Crippen molar-refractivity contribution in [1.82, 2.24) is 9.97 Å². The molecule has 0 spiro atoms. The quantitative estimate of drug-likeness (QED) is 0.906. The second-order valence-corrected chi connectivity index (χ2v) is 7.86. The van der Waals surface area contributed by atoms with Gasteiger partial charge in [0.15, 0.2) is 5.78 Å². The van der Waals surface area contributed by atoms with E-state index in [4.69, 9.17) is 0 Å². The zero-order valence-electron chi connectivity index (χ0n) is 15.8. The van der Waals surface area contributed by atoms with Gasteiger partial charge in [-0.05, 0) is 28.9 Å². The summed E-state index contributed by atoms with van der Waals surface area (Å²) in [4.78, 5) is 32.6. The number of ketones is 1. The van der Waals surface area contributed by atoms with E-state index < -0.39 is 0 Å². The molecule has 1 aliphatic rings. The van der Waals surface area contributed by atoms with Crippen molar-refractivity contribution >= 4 is 17.6 Å². The molecule has 2 aromatic rings. The Labute approximate surface area is 154 Å². The maximum Gasteiger partial charge on any atom is 0.229 e. The van der Waals surface area contributed by atoms with Gasteiger partial charge in [-0.2, -0.15) is 0 Å². The number of carbonyl (C=O) groups excluding carboxylic acids is 2. The summed E-state index contributed by atoms with van der Waals surface area (Å²) in [7, 11) is 0. The number of hydrogen-bond donors (Lipinski definition) is 1. The van der Waals surface area contributed by atoms with Crippen LogP contribution in [0.4, 0.5) is 5.95 Å². The van der Waals surface area contributed by atoms with Crippen LogP contribution in [0.5, 0.6) is 0 Å².